The summed E-state index contributed by atoms with van der Waals surface area (Å²) in [6.07, 6.45) is 1.77. The summed E-state index contributed by atoms with van der Waals surface area (Å²) in [5, 5.41) is 12.5. The minimum Gasteiger partial charge on any atom is -0.456 e. The van der Waals surface area contributed by atoms with Gasteiger partial charge in [-0.05, 0) is 43.2 Å². The summed E-state index contributed by atoms with van der Waals surface area (Å²) in [6.45, 7) is 2.94. The SMILES string of the molecule is CCc1ccc(C(=O)Nc2cccc(C(=O)N3CCC[C@H](O)C3)c2)o1. The molecular formula is C19H22N2O4. The number of aliphatic hydroxyl groups is 1. The lowest BCUT2D eigenvalue weighted by molar-refractivity contribution is 0.0474. The van der Waals surface area contributed by atoms with Crippen LogP contribution in [0, 0.1) is 0 Å². The number of likely N-dealkylation sites (tertiary alicyclic amines) is 1. The number of carbonyl (C=O) groups excluding carboxylic acids is 2. The normalized spacial score (nSPS) is 17.4. The van der Waals surface area contributed by atoms with E-state index in [-0.39, 0.29) is 17.6 Å². The molecule has 1 atom stereocenters. The molecule has 1 aromatic carbocycles. The zero-order chi connectivity index (χ0) is 17.8. The summed E-state index contributed by atoms with van der Waals surface area (Å²) in [7, 11) is 0. The molecule has 1 aromatic heterocycles. The van der Waals surface area contributed by atoms with Gasteiger partial charge in [-0.1, -0.05) is 13.0 Å². The van der Waals surface area contributed by atoms with Crippen LogP contribution < -0.4 is 5.32 Å². The smallest absolute Gasteiger partial charge is 0.291 e. The van der Waals surface area contributed by atoms with Crippen molar-refractivity contribution in [3.8, 4) is 0 Å². The van der Waals surface area contributed by atoms with Gasteiger partial charge in [-0.2, -0.15) is 0 Å². The fourth-order valence-corrected chi connectivity index (χ4v) is 2.93. The lowest BCUT2D eigenvalue weighted by Gasteiger charge is -2.30. The van der Waals surface area contributed by atoms with Crippen LogP contribution in [0.25, 0.3) is 0 Å². The lowest BCUT2D eigenvalue weighted by Crippen LogP contribution is -2.42. The van der Waals surface area contributed by atoms with Gasteiger partial charge in [-0.3, -0.25) is 9.59 Å². The van der Waals surface area contributed by atoms with Gasteiger partial charge < -0.3 is 19.7 Å². The van der Waals surface area contributed by atoms with Crippen LogP contribution in [0.3, 0.4) is 0 Å². The molecule has 0 spiro atoms. The van der Waals surface area contributed by atoms with Crippen molar-refractivity contribution < 1.29 is 19.1 Å². The van der Waals surface area contributed by atoms with Crippen molar-refractivity contribution >= 4 is 17.5 Å². The summed E-state index contributed by atoms with van der Waals surface area (Å²) >= 11 is 0. The van der Waals surface area contributed by atoms with Crippen LogP contribution in [0.5, 0.6) is 0 Å². The van der Waals surface area contributed by atoms with Crippen molar-refractivity contribution in [2.24, 2.45) is 0 Å². The molecule has 0 radical (unpaired) electrons. The monoisotopic (exact) mass is 342 g/mol. The summed E-state index contributed by atoms with van der Waals surface area (Å²) in [5.41, 5.74) is 1.02. The zero-order valence-electron chi connectivity index (χ0n) is 14.2. The van der Waals surface area contributed by atoms with E-state index in [9.17, 15) is 14.7 Å². The summed E-state index contributed by atoms with van der Waals surface area (Å²) in [4.78, 5) is 26.5. The van der Waals surface area contributed by atoms with Gasteiger partial charge in [0, 0.05) is 30.8 Å². The first-order valence-electron chi connectivity index (χ1n) is 8.54. The highest BCUT2D eigenvalue weighted by Crippen LogP contribution is 2.18. The van der Waals surface area contributed by atoms with E-state index >= 15 is 0 Å². The number of rotatable bonds is 4. The summed E-state index contributed by atoms with van der Waals surface area (Å²) < 4.78 is 5.44. The van der Waals surface area contributed by atoms with Crippen molar-refractivity contribution in [1.82, 2.24) is 4.90 Å². The highest BCUT2D eigenvalue weighted by atomic mass is 16.3. The molecule has 1 fully saturated rings. The second-order valence-electron chi connectivity index (χ2n) is 6.20. The Balaban J connectivity index is 1.70. The Morgan fingerprint density at radius 3 is 2.88 bits per heavy atom. The van der Waals surface area contributed by atoms with E-state index in [4.69, 9.17) is 4.42 Å². The maximum atomic E-state index is 12.6. The van der Waals surface area contributed by atoms with Gasteiger partial charge in [0.25, 0.3) is 11.8 Å². The molecule has 2 N–H and O–H groups in total. The molecule has 2 heterocycles. The van der Waals surface area contributed by atoms with Crippen molar-refractivity contribution in [3.63, 3.8) is 0 Å². The number of hydrogen-bond acceptors (Lipinski definition) is 4. The molecule has 25 heavy (non-hydrogen) atoms. The quantitative estimate of drug-likeness (QED) is 0.895. The number of furan rings is 1. The van der Waals surface area contributed by atoms with Crippen molar-refractivity contribution in [2.45, 2.75) is 32.3 Å². The predicted octanol–water partition coefficient (Wildman–Crippen LogP) is 2.69. The number of hydrogen-bond donors (Lipinski definition) is 2. The molecule has 0 bridgehead atoms. The Kier molecular flexibility index (Phi) is 5.19. The van der Waals surface area contributed by atoms with Crippen LogP contribution in [0.15, 0.2) is 40.8 Å². The fourth-order valence-electron chi connectivity index (χ4n) is 2.93. The predicted molar refractivity (Wildman–Crippen MR) is 93.6 cm³/mol. The van der Waals surface area contributed by atoms with E-state index < -0.39 is 6.10 Å². The maximum absolute atomic E-state index is 12.6. The van der Waals surface area contributed by atoms with E-state index in [1.165, 1.54) is 0 Å². The topological polar surface area (TPSA) is 82.8 Å². The van der Waals surface area contributed by atoms with E-state index in [2.05, 4.69) is 5.32 Å². The Hall–Kier alpha value is -2.60. The first-order valence-corrected chi connectivity index (χ1v) is 8.54. The molecule has 0 unspecified atom stereocenters. The molecule has 1 saturated heterocycles. The van der Waals surface area contributed by atoms with Gasteiger partial charge in [0.1, 0.15) is 5.76 Å². The Bertz CT molecular complexity index is 768. The van der Waals surface area contributed by atoms with E-state index in [0.717, 1.165) is 25.0 Å². The molecule has 6 heteroatoms. The van der Waals surface area contributed by atoms with Crippen LogP contribution in [0.4, 0.5) is 5.69 Å². The van der Waals surface area contributed by atoms with Gasteiger partial charge in [0.05, 0.1) is 6.10 Å². The van der Waals surface area contributed by atoms with Crippen molar-refractivity contribution in [1.29, 1.82) is 0 Å². The average Bonchev–Trinajstić information content (AvgIpc) is 3.11. The molecule has 6 nitrogen and oxygen atoms in total. The molecule has 0 aliphatic carbocycles. The number of piperidine rings is 1. The number of aliphatic hydroxyl groups excluding tert-OH is 1. The number of nitrogens with zero attached hydrogens (tertiary/aromatic N) is 1. The Labute approximate surface area is 146 Å². The van der Waals surface area contributed by atoms with Crippen molar-refractivity contribution in [2.75, 3.05) is 18.4 Å². The van der Waals surface area contributed by atoms with Gasteiger partial charge >= 0.3 is 0 Å². The first kappa shape index (κ1) is 17.2. The first-order chi connectivity index (χ1) is 12.1. The average molecular weight is 342 g/mol. The number of β-amino-alcohol motifs (C(OH)–C–C–N with tert-alkyl or cyclic N) is 1. The number of amides is 2. The Morgan fingerprint density at radius 1 is 1.32 bits per heavy atom. The van der Waals surface area contributed by atoms with Crippen molar-refractivity contribution in [3.05, 3.63) is 53.5 Å². The van der Waals surface area contributed by atoms with Gasteiger partial charge in [0.2, 0.25) is 0 Å². The van der Waals surface area contributed by atoms with Crippen LogP contribution >= 0.6 is 0 Å². The van der Waals surface area contributed by atoms with E-state index in [1.54, 1.807) is 41.3 Å². The number of benzene rings is 1. The third-order valence-electron chi connectivity index (χ3n) is 4.29. The summed E-state index contributed by atoms with van der Waals surface area (Å²) in [6, 6.07) is 10.2. The standard InChI is InChI=1S/C19H22N2O4/c1-2-16-8-9-17(25-16)18(23)20-14-6-3-5-13(11-14)19(24)21-10-4-7-15(22)12-21/h3,5-6,8-9,11,15,22H,2,4,7,10,12H2,1H3,(H,20,23)/t15-/m0/s1. The molecule has 2 amide bonds. The molecule has 1 aliphatic rings. The Morgan fingerprint density at radius 2 is 2.16 bits per heavy atom. The molecule has 1 aliphatic heterocycles. The second-order valence-corrected chi connectivity index (χ2v) is 6.20. The minimum absolute atomic E-state index is 0.138. The minimum atomic E-state index is -0.465. The summed E-state index contributed by atoms with van der Waals surface area (Å²) in [5.74, 6) is 0.504. The van der Waals surface area contributed by atoms with Crippen LogP contribution in [0.1, 0.15) is 46.4 Å². The second kappa shape index (κ2) is 7.53. The van der Waals surface area contributed by atoms with E-state index in [1.807, 2.05) is 6.92 Å². The number of nitrogens with one attached hydrogen (secondary N) is 1. The van der Waals surface area contributed by atoms with Gasteiger partial charge in [0.15, 0.2) is 5.76 Å². The lowest BCUT2D eigenvalue weighted by atomic mass is 10.1. The number of carbonyl (C=O) groups is 2. The molecule has 132 valence electrons. The largest absolute Gasteiger partial charge is 0.456 e. The molecular weight excluding hydrogens is 320 g/mol. The van der Waals surface area contributed by atoms with Gasteiger partial charge in [-0.15, -0.1) is 0 Å². The number of aryl methyl sites for hydroxylation is 1. The molecule has 0 saturated carbocycles. The zero-order valence-corrected chi connectivity index (χ0v) is 14.2. The van der Waals surface area contributed by atoms with Crippen LogP contribution in [-0.2, 0) is 6.42 Å². The third-order valence-corrected chi connectivity index (χ3v) is 4.29. The highest BCUT2D eigenvalue weighted by Gasteiger charge is 2.23. The number of anilines is 1. The van der Waals surface area contributed by atoms with Crippen LogP contribution in [0.2, 0.25) is 0 Å². The third kappa shape index (κ3) is 4.09. The van der Waals surface area contributed by atoms with Gasteiger partial charge in [-0.25, -0.2) is 0 Å². The maximum Gasteiger partial charge on any atom is 0.291 e. The molecule has 2 aromatic rings. The fraction of sp³-hybridized carbons (Fsp3) is 0.368. The van der Waals surface area contributed by atoms with E-state index in [0.29, 0.717) is 24.3 Å². The van der Waals surface area contributed by atoms with Crippen LogP contribution in [-0.4, -0.2) is 41.0 Å². The highest BCUT2D eigenvalue weighted by molar-refractivity contribution is 6.03. The molecule has 3 rings (SSSR count).